The minimum Gasteiger partial charge on any atom is -0.479 e. The molecule has 1 atom stereocenters. The van der Waals surface area contributed by atoms with Gasteiger partial charge in [-0.05, 0) is 11.5 Å². The van der Waals surface area contributed by atoms with Crippen LogP contribution in [0.4, 0.5) is 0 Å². The van der Waals surface area contributed by atoms with Gasteiger partial charge in [0.05, 0.1) is 0 Å². The van der Waals surface area contributed by atoms with Gasteiger partial charge in [-0.15, -0.1) is 0 Å². The number of benzene rings is 1. The van der Waals surface area contributed by atoms with Crippen molar-refractivity contribution in [1.29, 1.82) is 0 Å². The van der Waals surface area contributed by atoms with Crippen LogP contribution in [0.15, 0.2) is 35.9 Å². The van der Waals surface area contributed by atoms with Crippen molar-refractivity contribution < 1.29 is 24.5 Å². The van der Waals surface area contributed by atoms with E-state index >= 15 is 0 Å². The molecular formula is C15H18O5. The van der Waals surface area contributed by atoms with Crippen LogP contribution in [-0.4, -0.2) is 35.4 Å². The molecule has 20 heavy (non-hydrogen) atoms. The Kier molecular flexibility index (Phi) is 5.46. The Morgan fingerprint density at radius 1 is 1.10 bits per heavy atom. The standard InChI is InChI=1S/C15H18O5/c1-9(2)11(14(16)17)12(13(20-3)15(18)19)10-7-5-4-6-8-10/h4-9,13H,1-3H3,(H,16,17)(H,18,19)/b12-11-. The minimum absolute atomic E-state index is 0.0467. The molecule has 1 rings (SSSR count). The second kappa shape index (κ2) is 6.86. The third kappa shape index (κ3) is 3.45. The first kappa shape index (κ1) is 15.9. The molecule has 1 aromatic carbocycles. The van der Waals surface area contributed by atoms with Crippen molar-refractivity contribution in [3.8, 4) is 0 Å². The number of hydrogen-bond acceptors (Lipinski definition) is 3. The minimum atomic E-state index is -1.31. The number of ether oxygens (including phenoxy) is 1. The highest BCUT2D eigenvalue weighted by Gasteiger charge is 2.30. The highest BCUT2D eigenvalue weighted by Crippen LogP contribution is 2.29. The van der Waals surface area contributed by atoms with Crippen LogP contribution in [0, 0.1) is 5.92 Å². The van der Waals surface area contributed by atoms with Gasteiger partial charge in [-0.1, -0.05) is 44.2 Å². The normalized spacial score (nSPS) is 13.8. The van der Waals surface area contributed by atoms with Gasteiger partial charge in [0.1, 0.15) is 0 Å². The van der Waals surface area contributed by atoms with Crippen LogP contribution in [0.5, 0.6) is 0 Å². The first-order valence-corrected chi connectivity index (χ1v) is 6.18. The van der Waals surface area contributed by atoms with Crippen LogP contribution in [-0.2, 0) is 14.3 Å². The monoisotopic (exact) mass is 278 g/mol. The Bertz CT molecular complexity index is 516. The maximum absolute atomic E-state index is 11.5. The molecule has 5 heteroatoms. The predicted molar refractivity (Wildman–Crippen MR) is 74.3 cm³/mol. The van der Waals surface area contributed by atoms with Gasteiger partial charge in [0.25, 0.3) is 0 Å². The zero-order valence-electron chi connectivity index (χ0n) is 11.7. The van der Waals surface area contributed by atoms with Gasteiger partial charge in [0.15, 0.2) is 6.10 Å². The highest BCUT2D eigenvalue weighted by atomic mass is 16.5. The fraction of sp³-hybridized carbons (Fsp3) is 0.333. The van der Waals surface area contributed by atoms with Crippen LogP contribution < -0.4 is 0 Å². The van der Waals surface area contributed by atoms with Gasteiger partial charge >= 0.3 is 11.9 Å². The van der Waals surface area contributed by atoms with E-state index in [1.54, 1.807) is 44.2 Å². The molecular weight excluding hydrogens is 260 g/mol. The Balaban J connectivity index is 3.60. The third-order valence-corrected chi connectivity index (χ3v) is 2.90. The quantitative estimate of drug-likeness (QED) is 0.780. The lowest BCUT2D eigenvalue weighted by atomic mass is 9.89. The molecule has 0 aromatic heterocycles. The van der Waals surface area contributed by atoms with Gasteiger partial charge in [0, 0.05) is 18.3 Å². The van der Waals surface area contributed by atoms with E-state index in [4.69, 9.17) is 4.74 Å². The van der Waals surface area contributed by atoms with E-state index in [1.165, 1.54) is 7.11 Å². The molecule has 0 heterocycles. The Morgan fingerprint density at radius 2 is 1.65 bits per heavy atom. The molecule has 0 aliphatic rings. The molecule has 5 nitrogen and oxygen atoms in total. The van der Waals surface area contributed by atoms with E-state index < -0.39 is 18.0 Å². The van der Waals surface area contributed by atoms with Crippen molar-refractivity contribution in [2.45, 2.75) is 20.0 Å². The van der Waals surface area contributed by atoms with E-state index in [2.05, 4.69) is 0 Å². The molecule has 0 amide bonds. The fourth-order valence-corrected chi connectivity index (χ4v) is 2.08. The predicted octanol–water partition coefficient (Wildman–Crippen LogP) is 2.28. The van der Waals surface area contributed by atoms with Gasteiger partial charge in [0.2, 0.25) is 0 Å². The van der Waals surface area contributed by atoms with Gasteiger partial charge < -0.3 is 14.9 Å². The lowest BCUT2D eigenvalue weighted by Gasteiger charge is -2.20. The molecule has 0 aliphatic carbocycles. The first-order valence-electron chi connectivity index (χ1n) is 6.18. The summed E-state index contributed by atoms with van der Waals surface area (Å²) < 4.78 is 4.99. The molecule has 1 aromatic rings. The van der Waals surface area contributed by atoms with Crippen molar-refractivity contribution in [3.63, 3.8) is 0 Å². The van der Waals surface area contributed by atoms with Crippen LogP contribution >= 0.6 is 0 Å². The van der Waals surface area contributed by atoms with Crippen molar-refractivity contribution in [3.05, 3.63) is 41.5 Å². The number of hydrogen-bond donors (Lipinski definition) is 2. The Morgan fingerprint density at radius 3 is 2.00 bits per heavy atom. The third-order valence-electron chi connectivity index (χ3n) is 2.90. The summed E-state index contributed by atoms with van der Waals surface area (Å²) in [6, 6.07) is 8.58. The summed E-state index contributed by atoms with van der Waals surface area (Å²) in [6.45, 7) is 3.42. The molecule has 0 bridgehead atoms. The molecule has 0 fully saturated rings. The molecule has 0 spiro atoms. The summed E-state index contributed by atoms with van der Waals surface area (Å²) >= 11 is 0. The number of aliphatic carboxylic acids is 2. The number of carboxylic acid groups (broad SMARTS) is 2. The van der Waals surface area contributed by atoms with Crippen LogP contribution in [0.25, 0.3) is 5.57 Å². The second-order valence-electron chi connectivity index (χ2n) is 4.61. The van der Waals surface area contributed by atoms with Crippen molar-refractivity contribution in [2.75, 3.05) is 7.11 Å². The number of rotatable bonds is 6. The summed E-state index contributed by atoms with van der Waals surface area (Å²) in [7, 11) is 1.25. The van der Waals surface area contributed by atoms with E-state index in [0.29, 0.717) is 5.56 Å². The number of carbonyl (C=O) groups is 2. The first-order chi connectivity index (χ1) is 9.40. The zero-order chi connectivity index (χ0) is 15.3. The van der Waals surface area contributed by atoms with Crippen LogP contribution in [0.2, 0.25) is 0 Å². The smallest absolute Gasteiger partial charge is 0.337 e. The summed E-state index contributed by atoms with van der Waals surface area (Å²) in [6.07, 6.45) is -1.31. The van der Waals surface area contributed by atoms with Gasteiger partial charge in [-0.3, -0.25) is 0 Å². The van der Waals surface area contributed by atoms with Gasteiger partial charge in [-0.25, -0.2) is 9.59 Å². The molecule has 0 aliphatic heterocycles. The molecule has 0 saturated heterocycles. The molecule has 2 N–H and O–H groups in total. The summed E-state index contributed by atoms with van der Waals surface area (Å²) in [5.41, 5.74) is 0.765. The van der Waals surface area contributed by atoms with Gasteiger partial charge in [-0.2, -0.15) is 0 Å². The van der Waals surface area contributed by atoms with Crippen molar-refractivity contribution >= 4 is 17.5 Å². The summed E-state index contributed by atoms with van der Waals surface area (Å²) in [5, 5.41) is 18.7. The molecule has 108 valence electrons. The summed E-state index contributed by atoms with van der Waals surface area (Å²) in [4.78, 5) is 22.8. The lowest BCUT2D eigenvalue weighted by molar-refractivity contribution is -0.144. The Hall–Kier alpha value is -2.14. The molecule has 0 radical (unpaired) electrons. The zero-order valence-corrected chi connectivity index (χ0v) is 11.7. The maximum atomic E-state index is 11.5. The topological polar surface area (TPSA) is 83.8 Å². The average molecular weight is 278 g/mol. The van der Waals surface area contributed by atoms with E-state index in [9.17, 15) is 19.8 Å². The largest absolute Gasteiger partial charge is 0.479 e. The number of methoxy groups -OCH3 is 1. The van der Waals surface area contributed by atoms with Crippen LogP contribution in [0.1, 0.15) is 19.4 Å². The second-order valence-corrected chi connectivity index (χ2v) is 4.61. The molecule has 1 unspecified atom stereocenters. The van der Waals surface area contributed by atoms with E-state index in [0.717, 1.165) is 0 Å². The van der Waals surface area contributed by atoms with Crippen molar-refractivity contribution in [2.24, 2.45) is 5.92 Å². The van der Waals surface area contributed by atoms with Crippen molar-refractivity contribution in [1.82, 2.24) is 0 Å². The number of carboxylic acids is 2. The van der Waals surface area contributed by atoms with E-state index in [-0.39, 0.29) is 17.1 Å². The maximum Gasteiger partial charge on any atom is 0.337 e. The SMILES string of the molecule is COC(C(=O)O)/C(=C(\C(=O)O)C(C)C)c1ccccc1. The lowest BCUT2D eigenvalue weighted by Crippen LogP contribution is -2.27. The fourth-order valence-electron chi connectivity index (χ4n) is 2.08. The Labute approximate surface area is 117 Å². The molecule has 0 saturated carbocycles. The van der Waals surface area contributed by atoms with E-state index in [1.807, 2.05) is 0 Å². The average Bonchev–Trinajstić information content (AvgIpc) is 2.38. The highest BCUT2D eigenvalue weighted by molar-refractivity contribution is 6.02. The van der Waals surface area contributed by atoms with Crippen LogP contribution in [0.3, 0.4) is 0 Å². The summed E-state index contributed by atoms with van der Waals surface area (Å²) in [5.74, 6) is -2.69.